The maximum atomic E-state index is 12.0. The molecule has 4 nitrogen and oxygen atoms in total. The molecule has 18 heavy (non-hydrogen) atoms. The van der Waals surface area contributed by atoms with E-state index in [1.165, 1.54) is 12.1 Å². The summed E-state index contributed by atoms with van der Waals surface area (Å²) in [5.41, 5.74) is 5.54. The minimum atomic E-state index is -3.76. The summed E-state index contributed by atoms with van der Waals surface area (Å²) in [7, 11) is -3.76. The fourth-order valence-electron chi connectivity index (χ4n) is 1.28. The number of nitrogens with two attached hydrogens (primary N) is 1. The van der Waals surface area contributed by atoms with E-state index in [-0.39, 0.29) is 32.5 Å². The van der Waals surface area contributed by atoms with Gasteiger partial charge in [0.1, 0.15) is 4.90 Å². The summed E-state index contributed by atoms with van der Waals surface area (Å²) in [6, 6.07) is 2.56. The molecule has 0 aromatic heterocycles. The maximum Gasteiger partial charge on any atom is 0.243 e. The Hall–Kier alpha value is -0.0400. The van der Waals surface area contributed by atoms with Gasteiger partial charge in [-0.15, -0.1) is 0 Å². The molecule has 1 aromatic carbocycles. The van der Waals surface area contributed by atoms with Crippen LogP contribution in [0, 0.1) is 0 Å². The quantitative estimate of drug-likeness (QED) is 0.871. The van der Waals surface area contributed by atoms with Gasteiger partial charge in [-0.3, -0.25) is 0 Å². The van der Waals surface area contributed by atoms with Crippen molar-refractivity contribution >= 4 is 44.8 Å². The Morgan fingerprint density at radius 2 is 1.78 bits per heavy atom. The number of halogens is 3. The molecule has 102 valence electrons. The molecule has 0 aliphatic carbocycles. The molecule has 0 saturated carbocycles. The second-order valence-electron chi connectivity index (χ2n) is 3.86. The molecule has 1 unspecified atom stereocenters. The van der Waals surface area contributed by atoms with Crippen molar-refractivity contribution in [3.63, 3.8) is 0 Å². The van der Waals surface area contributed by atoms with Crippen molar-refractivity contribution in [2.45, 2.75) is 24.3 Å². The number of rotatable bonds is 5. The van der Waals surface area contributed by atoms with E-state index in [0.717, 1.165) is 0 Å². The van der Waals surface area contributed by atoms with Crippen LogP contribution >= 0.6 is 34.8 Å². The lowest BCUT2D eigenvalue weighted by molar-refractivity contribution is 0.572. The van der Waals surface area contributed by atoms with Crippen LogP contribution in [0.1, 0.15) is 13.3 Å². The Morgan fingerprint density at radius 1 is 1.28 bits per heavy atom. The van der Waals surface area contributed by atoms with Gasteiger partial charge in [0.15, 0.2) is 0 Å². The van der Waals surface area contributed by atoms with Crippen LogP contribution in [0.25, 0.3) is 0 Å². The summed E-state index contributed by atoms with van der Waals surface area (Å²) in [5.74, 6) is 0. The average molecular weight is 332 g/mol. The smallest absolute Gasteiger partial charge is 0.243 e. The number of nitrogens with one attached hydrogen (secondary N) is 1. The second kappa shape index (κ2) is 6.41. The highest BCUT2D eigenvalue weighted by Gasteiger charge is 2.22. The maximum absolute atomic E-state index is 12.0. The van der Waals surface area contributed by atoms with Crippen LogP contribution in [0.2, 0.25) is 15.1 Å². The standard InChI is InChI=1S/C10H13Cl3N2O2S/c1-6(14)2-3-15-18(16,17)10-8(12)4-7(11)5-9(10)13/h4-6,15H,2-3,14H2,1H3. The Kier molecular flexibility index (Phi) is 5.70. The molecule has 3 N–H and O–H groups in total. The van der Waals surface area contributed by atoms with Crippen LogP contribution in [0.3, 0.4) is 0 Å². The van der Waals surface area contributed by atoms with Crippen LogP contribution in [-0.2, 0) is 10.0 Å². The summed E-state index contributed by atoms with van der Waals surface area (Å²) in [5, 5.41) is 0.251. The van der Waals surface area contributed by atoms with Gasteiger partial charge < -0.3 is 5.73 Å². The summed E-state index contributed by atoms with van der Waals surface area (Å²) in [4.78, 5) is -0.167. The molecule has 0 radical (unpaired) electrons. The predicted octanol–water partition coefficient (Wildman–Crippen LogP) is 2.66. The normalized spacial score (nSPS) is 13.6. The minimum absolute atomic E-state index is 0.0132. The van der Waals surface area contributed by atoms with Crippen molar-refractivity contribution in [3.8, 4) is 0 Å². The van der Waals surface area contributed by atoms with Crippen LogP contribution < -0.4 is 10.5 Å². The van der Waals surface area contributed by atoms with Crippen molar-refractivity contribution in [1.82, 2.24) is 4.72 Å². The number of hydrogen-bond donors (Lipinski definition) is 2. The van der Waals surface area contributed by atoms with Gasteiger partial charge in [-0.05, 0) is 25.5 Å². The lowest BCUT2D eigenvalue weighted by Crippen LogP contribution is -2.29. The number of benzene rings is 1. The van der Waals surface area contributed by atoms with Crippen LogP contribution in [0.4, 0.5) is 0 Å². The third-order valence-electron chi connectivity index (χ3n) is 2.12. The Bertz CT molecular complexity index is 509. The largest absolute Gasteiger partial charge is 0.328 e. The summed E-state index contributed by atoms with van der Waals surface area (Å²) in [6.07, 6.45) is 0.516. The van der Waals surface area contributed by atoms with Crippen molar-refractivity contribution in [3.05, 3.63) is 27.2 Å². The van der Waals surface area contributed by atoms with Crippen molar-refractivity contribution in [2.24, 2.45) is 5.73 Å². The second-order valence-corrected chi connectivity index (χ2v) is 6.82. The Morgan fingerprint density at radius 3 is 2.22 bits per heavy atom. The lowest BCUT2D eigenvalue weighted by Gasteiger charge is -2.11. The van der Waals surface area contributed by atoms with Gasteiger partial charge in [-0.1, -0.05) is 34.8 Å². The zero-order chi connectivity index (χ0) is 13.9. The van der Waals surface area contributed by atoms with E-state index in [1.54, 1.807) is 6.92 Å². The van der Waals surface area contributed by atoms with E-state index in [0.29, 0.717) is 6.42 Å². The summed E-state index contributed by atoms with van der Waals surface area (Å²) < 4.78 is 26.4. The molecule has 0 heterocycles. The van der Waals surface area contributed by atoms with E-state index in [1.807, 2.05) is 0 Å². The molecular formula is C10H13Cl3N2O2S. The number of hydrogen-bond acceptors (Lipinski definition) is 3. The lowest BCUT2D eigenvalue weighted by atomic mass is 10.3. The first-order valence-electron chi connectivity index (χ1n) is 5.14. The van der Waals surface area contributed by atoms with Crippen molar-refractivity contribution < 1.29 is 8.42 Å². The highest BCUT2D eigenvalue weighted by molar-refractivity contribution is 7.89. The molecule has 0 aliphatic heterocycles. The first kappa shape index (κ1) is 16.0. The zero-order valence-electron chi connectivity index (χ0n) is 9.58. The molecular weight excluding hydrogens is 319 g/mol. The van der Waals surface area contributed by atoms with E-state index < -0.39 is 10.0 Å². The molecule has 0 aliphatic rings. The van der Waals surface area contributed by atoms with Crippen LogP contribution in [0.5, 0.6) is 0 Å². The zero-order valence-corrected chi connectivity index (χ0v) is 12.7. The van der Waals surface area contributed by atoms with Gasteiger partial charge in [0.2, 0.25) is 10.0 Å². The Labute approximate surface area is 121 Å². The molecule has 0 amide bonds. The minimum Gasteiger partial charge on any atom is -0.328 e. The van der Waals surface area contributed by atoms with Crippen molar-refractivity contribution in [1.29, 1.82) is 0 Å². The van der Waals surface area contributed by atoms with Gasteiger partial charge in [-0.2, -0.15) is 0 Å². The molecule has 1 rings (SSSR count). The van der Waals surface area contributed by atoms with Gasteiger partial charge in [0.05, 0.1) is 10.0 Å². The molecule has 0 saturated heterocycles. The topological polar surface area (TPSA) is 72.2 Å². The van der Waals surface area contributed by atoms with E-state index in [4.69, 9.17) is 40.5 Å². The summed E-state index contributed by atoms with van der Waals surface area (Å²) in [6.45, 7) is 2.01. The molecule has 1 atom stereocenters. The Balaban J connectivity index is 2.99. The van der Waals surface area contributed by atoms with Crippen LogP contribution in [0.15, 0.2) is 17.0 Å². The van der Waals surface area contributed by atoms with Gasteiger partial charge in [0.25, 0.3) is 0 Å². The van der Waals surface area contributed by atoms with Gasteiger partial charge >= 0.3 is 0 Å². The van der Waals surface area contributed by atoms with E-state index in [2.05, 4.69) is 4.72 Å². The molecule has 8 heteroatoms. The first-order chi connectivity index (χ1) is 8.24. The molecule has 1 aromatic rings. The molecule has 0 fully saturated rings. The summed E-state index contributed by atoms with van der Waals surface area (Å²) >= 11 is 17.4. The van der Waals surface area contributed by atoms with E-state index in [9.17, 15) is 8.42 Å². The monoisotopic (exact) mass is 330 g/mol. The van der Waals surface area contributed by atoms with Gasteiger partial charge in [0, 0.05) is 17.6 Å². The number of sulfonamides is 1. The first-order valence-corrected chi connectivity index (χ1v) is 7.75. The third-order valence-corrected chi connectivity index (χ3v) is 4.72. The predicted molar refractivity (Wildman–Crippen MR) is 74.9 cm³/mol. The fourth-order valence-corrected chi connectivity index (χ4v) is 3.87. The van der Waals surface area contributed by atoms with Gasteiger partial charge in [-0.25, -0.2) is 13.1 Å². The average Bonchev–Trinajstić information content (AvgIpc) is 2.13. The van der Waals surface area contributed by atoms with Crippen molar-refractivity contribution in [2.75, 3.05) is 6.54 Å². The van der Waals surface area contributed by atoms with E-state index >= 15 is 0 Å². The van der Waals surface area contributed by atoms with Crippen LogP contribution in [-0.4, -0.2) is 21.0 Å². The molecule has 0 spiro atoms. The SMILES string of the molecule is CC(N)CCNS(=O)(=O)c1c(Cl)cc(Cl)cc1Cl. The third kappa shape index (κ3) is 4.26. The highest BCUT2D eigenvalue weighted by Crippen LogP contribution is 2.32. The fraction of sp³-hybridized carbons (Fsp3) is 0.400. The highest BCUT2D eigenvalue weighted by atomic mass is 35.5. The molecule has 0 bridgehead atoms.